The lowest BCUT2D eigenvalue weighted by molar-refractivity contribution is 0.206. The summed E-state index contributed by atoms with van der Waals surface area (Å²) in [5, 5.41) is 6.58. The molecule has 0 bridgehead atoms. The maximum Gasteiger partial charge on any atom is 0.317 e. The van der Waals surface area contributed by atoms with Crippen LogP contribution in [0.25, 0.3) is 0 Å². The second kappa shape index (κ2) is 3.67. The third-order valence-corrected chi connectivity index (χ3v) is 3.79. The molecule has 2 aliphatic heterocycles. The van der Waals surface area contributed by atoms with Crippen molar-refractivity contribution in [2.24, 2.45) is 5.92 Å². The summed E-state index contributed by atoms with van der Waals surface area (Å²) in [7, 11) is 0. The molecule has 1 aliphatic carbocycles. The van der Waals surface area contributed by atoms with Crippen LogP contribution in [-0.4, -0.2) is 42.6 Å². The molecule has 0 radical (unpaired) electrons. The highest BCUT2D eigenvalue weighted by Crippen LogP contribution is 2.25. The molecule has 0 aromatic rings. The molecular formula is C11H19N3O. The van der Waals surface area contributed by atoms with E-state index in [9.17, 15) is 4.79 Å². The van der Waals surface area contributed by atoms with E-state index in [2.05, 4.69) is 10.6 Å². The van der Waals surface area contributed by atoms with Crippen LogP contribution in [-0.2, 0) is 0 Å². The van der Waals surface area contributed by atoms with Crippen molar-refractivity contribution in [1.29, 1.82) is 0 Å². The lowest BCUT2D eigenvalue weighted by Gasteiger charge is -2.24. The summed E-state index contributed by atoms with van der Waals surface area (Å²) in [5.74, 6) is 0.698. The highest BCUT2D eigenvalue weighted by molar-refractivity contribution is 5.75. The van der Waals surface area contributed by atoms with Gasteiger partial charge in [-0.1, -0.05) is 0 Å². The number of rotatable bonds is 1. The van der Waals surface area contributed by atoms with Crippen molar-refractivity contribution in [3.63, 3.8) is 0 Å². The van der Waals surface area contributed by atoms with Crippen molar-refractivity contribution in [2.45, 2.75) is 37.8 Å². The first kappa shape index (κ1) is 9.46. The molecule has 4 nitrogen and oxygen atoms in total. The number of urea groups is 1. The molecule has 2 amide bonds. The van der Waals surface area contributed by atoms with Crippen LogP contribution < -0.4 is 10.6 Å². The summed E-state index contributed by atoms with van der Waals surface area (Å²) in [6.45, 7) is 2.98. The normalized spacial score (nSPS) is 35.1. The van der Waals surface area contributed by atoms with Gasteiger partial charge in [-0.25, -0.2) is 4.79 Å². The number of carbonyl (C=O) groups is 1. The first-order valence-electron chi connectivity index (χ1n) is 6.12. The Labute approximate surface area is 90.4 Å². The Hall–Kier alpha value is -0.770. The van der Waals surface area contributed by atoms with Gasteiger partial charge in [-0.15, -0.1) is 0 Å². The molecule has 2 unspecified atom stereocenters. The second-order valence-electron chi connectivity index (χ2n) is 5.09. The summed E-state index contributed by atoms with van der Waals surface area (Å²) in [6, 6.07) is 1.20. The largest absolute Gasteiger partial charge is 0.335 e. The van der Waals surface area contributed by atoms with Crippen molar-refractivity contribution in [3.05, 3.63) is 0 Å². The maximum absolute atomic E-state index is 11.8. The molecule has 0 aromatic carbocycles. The molecule has 2 saturated heterocycles. The molecule has 1 saturated carbocycles. The highest BCUT2D eigenvalue weighted by Gasteiger charge is 2.37. The molecule has 0 aromatic heterocycles. The number of amides is 2. The van der Waals surface area contributed by atoms with Crippen molar-refractivity contribution in [3.8, 4) is 0 Å². The summed E-state index contributed by atoms with van der Waals surface area (Å²) in [6.07, 6.45) is 4.89. The number of likely N-dealkylation sites (tertiary alicyclic amines) is 1. The number of nitrogens with one attached hydrogen (secondary N) is 2. The van der Waals surface area contributed by atoms with Crippen LogP contribution in [0.1, 0.15) is 25.7 Å². The number of hydrogen-bond acceptors (Lipinski definition) is 2. The van der Waals surface area contributed by atoms with Gasteiger partial charge in [0.15, 0.2) is 0 Å². The molecule has 2 N–H and O–H groups in total. The van der Waals surface area contributed by atoms with Crippen LogP contribution in [0.2, 0.25) is 0 Å². The zero-order valence-electron chi connectivity index (χ0n) is 9.04. The van der Waals surface area contributed by atoms with Crippen molar-refractivity contribution in [1.82, 2.24) is 15.5 Å². The zero-order chi connectivity index (χ0) is 10.3. The minimum atomic E-state index is 0.161. The molecule has 84 valence electrons. The average Bonchev–Trinajstić information content (AvgIpc) is 2.95. The summed E-state index contributed by atoms with van der Waals surface area (Å²) >= 11 is 0. The van der Waals surface area contributed by atoms with E-state index in [0.717, 1.165) is 19.6 Å². The Morgan fingerprint density at radius 2 is 2.13 bits per heavy atom. The van der Waals surface area contributed by atoms with E-state index in [4.69, 9.17) is 0 Å². The second-order valence-corrected chi connectivity index (χ2v) is 5.09. The lowest BCUT2D eigenvalue weighted by atomic mass is 9.94. The van der Waals surface area contributed by atoms with E-state index in [-0.39, 0.29) is 6.03 Å². The molecule has 0 spiro atoms. The van der Waals surface area contributed by atoms with Crippen molar-refractivity contribution in [2.75, 3.05) is 19.6 Å². The van der Waals surface area contributed by atoms with E-state index in [1.165, 1.54) is 25.7 Å². The number of carbonyl (C=O) groups excluding carboxylic acids is 1. The molecule has 3 fully saturated rings. The van der Waals surface area contributed by atoms with Crippen LogP contribution in [0, 0.1) is 5.92 Å². The van der Waals surface area contributed by atoms with Gasteiger partial charge in [0.05, 0.1) is 0 Å². The summed E-state index contributed by atoms with van der Waals surface area (Å²) in [4.78, 5) is 13.8. The quantitative estimate of drug-likeness (QED) is 0.662. The van der Waals surface area contributed by atoms with Crippen LogP contribution in [0.4, 0.5) is 4.79 Å². The lowest BCUT2D eigenvalue weighted by Crippen LogP contribution is -2.42. The number of nitrogens with zero attached hydrogens (tertiary/aromatic N) is 1. The van der Waals surface area contributed by atoms with Crippen LogP contribution >= 0.6 is 0 Å². The Morgan fingerprint density at radius 1 is 1.27 bits per heavy atom. The summed E-state index contributed by atoms with van der Waals surface area (Å²) in [5.41, 5.74) is 0. The predicted molar refractivity (Wildman–Crippen MR) is 57.6 cm³/mol. The van der Waals surface area contributed by atoms with Gasteiger partial charge in [0, 0.05) is 25.2 Å². The van der Waals surface area contributed by atoms with Gasteiger partial charge in [0.1, 0.15) is 0 Å². The van der Waals surface area contributed by atoms with Gasteiger partial charge in [-0.2, -0.15) is 0 Å². The Bertz CT molecular complexity index is 251. The minimum absolute atomic E-state index is 0.161. The van der Waals surface area contributed by atoms with Crippen molar-refractivity contribution < 1.29 is 4.79 Å². The maximum atomic E-state index is 11.8. The standard InChI is InChI=1S/C11H19N3O/c15-11(13-9-3-4-9)14-6-8-2-1-5-12-10(8)7-14/h8-10,12H,1-7H2,(H,13,15). The fourth-order valence-corrected chi connectivity index (χ4v) is 2.71. The van der Waals surface area contributed by atoms with E-state index in [1.54, 1.807) is 0 Å². The monoisotopic (exact) mass is 209 g/mol. The Morgan fingerprint density at radius 3 is 2.87 bits per heavy atom. The molecule has 2 atom stereocenters. The van der Waals surface area contributed by atoms with E-state index in [0.29, 0.717) is 18.0 Å². The van der Waals surface area contributed by atoms with Gasteiger partial charge in [0.2, 0.25) is 0 Å². The fraction of sp³-hybridized carbons (Fsp3) is 0.909. The molecule has 15 heavy (non-hydrogen) atoms. The van der Waals surface area contributed by atoms with Crippen LogP contribution in [0.5, 0.6) is 0 Å². The van der Waals surface area contributed by atoms with Gasteiger partial charge in [-0.3, -0.25) is 0 Å². The van der Waals surface area contributed by atoms with E-state index < -0.39 is 0 Å². The topological polar surface area (TPSA) is 44.4 Å². The SMILES string of the molecule is O=C(NC1CC1)N1CC2CCCNC2C1. The third kappa shape index (κ3) is 1.95. The first-order valence-corrected chi connectivity index (χ1v) is 6.12. The zero-order valence-corrected chi connectivity index (χ0v) is 9.04. The molecule has 3 aliphatic rings. The highest BCUT2D eigenvalue weighted by atomic mass is 16.2. The molecule has 2 heterocycles. The minimum Gasteiger partial charge on any atom is -0.335 e. The average molecular weight is 209 g/mol. The number of hydrogen-bond donors (Lipinski definition) is 2. The first-order chi connectivity index (χ1) is 7.33. The molecule has 4 heteroatoms. The van der Waals surface area contributed by atoms with Crippen LogP contribution in [0.15, 0.2) is 0 Å². The number of fused-ring (bicyclic) bond motifs is 1. The Balaban J connectivity index is 1.56. The molecular weight excluding hydrogens is 190 g/mol. The van der Waals surface area contributed by atoms with E-state index >= 15 is 0 Å². The molecule has 3 rings (SSSR count). The fourth-order valence-electron chi connectivity index (χ4n) is 2.71. The smallest absolute Gasteiger partial charge is 0.317 e. The van der Waals surface area contributed by atoms with Crippen molar-refractivity contribution >= 4 is 6.03 Å². The Kier molecular flexibility index (Phi) is 2.31. The van der Waals surface area contributed by atoms with E-state index in [1.807, 2.05) is 4.90 Å². The van der Waals surface area contributed by atoms with Gasteiger partial charge < -0.3 is 15.5 Å². The van der Waals surface area contributed by atoms with Gasteiger partial charge >= 0.3 is 6.03 Å². The van der Waals surface area contributed by atoms with Gasteiger partial charge in [-0.05, 0) is 38.1 Å². The predicted octanol–water partition coefficient (Wildman–Crippen LogP) is 0.542. The summed E-state index contributed by atoms with van der Waals surface area (Å²) < 4.78 is 0. The number of piperidine rings is 1. The van der Waals surface area contributed by atoms with Crippen LogP contribution in [0.3, 0.4) is 0 Å². The third-order valence-electron chi connectivity index (χ3n) is 3.79. The van der Waals surface area contributed by atoms with Gasteiger partial charge in [0.25, 0.3) is 0 Å².